The van der Waals surface area contributed by atoms with Crippen molar-refractivity contribution in [2.75, 3.05) is 6.61 Å². The van der Waals surface area contributed by atoms with Crippen molar-refractivity contribution in [2.24, 2.45) is 5.92 Å². The Morgan fingerprint density at radius 2 is 2.00 bits per heavy atom. The zero-order valence-corrected chi connectivity index (χ0v) is 8.07. The molecule has 0 radical (unpaired) electrons. The van der Waals surface area contributed by atoms with E-state index in [-0.39, 0.29) is 12.4 Å². The lowest BCUT2D eigenvalue weighted by molar-refractivity contribution is -0.0498. The molecule has 1 aromatic carbocycles. The monoisotopic (exact) mass is 214 g/mol. The van der Waals surface area contributed by atoms with Gasteiger partial charge in [0.2, 0.25) is 0 Å². The van der Waals surface area contributed by atoms with Crippen molar-refractivity contribution in [3.63, 3.8) is 0 Å². The van der Waals surface area contributed by atoms with E-state index in [1.54, 1.807) is 12.1 Å². The average Bonchev–Trinajstić information content (AvgIpc) is 2.97. The number of benzene rings is 1. The highest BCUT2D eigenvalue weighted by Crippen LogP contribution is 2.47. The van der Waals surface area contributed by atoms with Crippen molar-refractivity contribution in [2.45, 2.75) is 19.0 Å². The zero-order chi connectivity index (χ0) is 10.8. The largest absolute Gasteiger partial charge is 0.435 e. The van der Waals surface area contributed by atoms with Gasteiger partial charge in [-0.25, -0.2) is 0 Å². The van der Waals surface area contributed by atoms with Crippen molar-refractivity contribution < 1.29 is 18.6 Å². The first-order valence-corrected chi connectivity index (χ1v) is 4.86. The number of hydrogen-bond donors (Lipinski definition) is 1. The molecule has 2 rings (SSSR count). The van der Waals surface area contributed by atoms with Crippen LogP contribution in [0.15, 0.2) is 24.3 Å². The maximum absolute atomic E-state index is 11.9. The van der Waals surface area contributed by atoms with Crippen molar-refractivity contribution in [1.82, 2.24) is 0 Å². The van der Waals surface area contributed by atoms with Crippen LogP contribution in [0.5, 0.6) is 5.75 Å². The summed E-state index contributed by atoms with van der Waals surface area (Å²) in [4.78, 5) is 0. The number of alkyl halides is 2. The van der Waals surface area contributed by atoms with Gasteiger partial charge in [0.1, 0.15) is 5.75 Å². The van der Waals surface area contributed by atoms with E-state index in [1.807, 2.05) is 0 Å². The molecule has 0 aliphatic heterocycles. The fourth-order valence-corrected chi connectivity index (χ4v) is 1.75. The van der Waals surface area contributed by atoms with Crippen LogP contribution in [0.4, 0.5) is 8.78 Å². The summed E-state index contributed by atoms with van der Waals surface area (Å²) in [6.45, 7) is -2.58. The summed E-state index contributed by atoms with van der Waals surface area (Å²) in [5.74, 6) is 0.900. The van der Waals surface area contributed by atoms with Gasteiger partial charge in [0.15, 0.2) is 0 Å². The molecule has 0 aromatic heterocycles. The molecule has 15 heavy (non-hydrogen) atoms. The highest BCUT2D eigenvalue weighted by molar-refractivity contribution is 5.32. The molecule has 2 nitrogen and oxygen atoms in total. The van der Waals surface area contributed by atoms with Crippen LogP contribution in [0.2, 0.25) is 0 Å². The van der Waals surface area contributed by atoms with Crippen LogP contribution >= 0.6 is 0 Å². The molecule has 0 saturated heterocycles. The van der Waals surface area contributed by atoms with Crippen LogP contribution < -0.4 is 4.74 Å². The highest BCUT2D eigenvalue weighted by atomic mass is 19.3. The zero-order valence-electron chi connectivity index (χ0n) is 8.07. The van der Waals surface area contributed by atoms with Crippen LogP contribution in [-0.4, -0.2) is 18.3 Å². The predicted molar refractivity (Wildman–Crippen MR) is 51.0 cm³/mol. The molecule has 1 aliphatic rings. The van der Waals surface area contributed by atoms with E-state index in [0.29, 0.717) is 11.8 Å². The number of hydrogen-bond acceptors (Lipinski definition) is 2. The van der Waals surface area contributed by atoms with E-state index >= 15 is 0 Å². The molecule has 1 aromatic rings. The number of aliphatic hydroxyl groups excluding tert-OH is 1. The van der Waals surface area contributed by atoms with Crippen molar-refractivity contribution in [1.29, 1.82) is 0 Å². The second-order valence-electron chi connectivity index (χ2n) is 3.73. The Balaban J connectivity index is 1.99. The fourth-order valence-electron chi connectivity index (χ4n) is 1.75. The molecule has 0 amide bonds. The van der Waals surface area contributed by atoms with Crippen molar-refractivity contribution in [3.05, 3.63) is 29.8 Å². The molecule has 1 fully saturated rings. The number of halogens is 2. The minimum atomic E-state index is -2.78. The van der Waals surface area contributed by atoms with Crippen LogP contribution in [-0.2, 0) is 0 Å². The molecular formula is C11H12F2O2. The second kappa shape index (κ2) is 4.14. The van der Waals surface area contributed by atoms with Gasteiger partial charge in [0.05, 0.1) is 0 Å². The van der Waals surface area contributed by atoms with E-state index < -0.39 is 6.61 Å². The van der Waals surface area contributed by atoms with Crippen LogP contribution in [0.1, 0.15) is 17.9 Å². The lowest BCUT2D eigenvalue weighted by atomic mass is 10.1. The average molecular weight is 214 g/mol. The number of ether oxygens (including phenoxy) is 1. The maximum atomic E-state index is 11.9. The van der Waals surface area contributed by atoms with E-state index in [2.05, 4.69) is 4.74 Å². The molecule has 0 unspecified atom stereocenters. The van der Waals surface area contributed by atoms with E-state index in [0.717, 1.165) is 12.0 Å². The fraction of sp³-hybridized carbons (Fsp3) is 0.455. The Bertz CT molecular complexity index is 324. The molecule has 4 heteroatoms. The van der Waals surface area contributed by atoms with Gasteiger partial charge in [-0.15, -0.1) is 0 Å². The van der Waals surface area contributed by atoms with Gasteiger partial charge in [-0.2, -0.15) is 8.78 Å². The Morgan fingerprint density at radius 3 is 2.47 bits per heavy atom. The summed E-state index contributed by atoms with van der Waals surface area (Å²) in [5, 5.41) is 8.89. The molecule has 2 atom stereocenters. The van der Waals surface area contributed by atoms with Gasteiger partial charge >= 0.3 is 6.61 Å². The predicted octanol–water partition coefficient (Wildman–Crippen LogP) is 2.38. The van der Waals surface area contributed by atoms with E-state index in [1.165, 1.54) is 12.1 Å². The summed E-state index contributed by atoms with van der Waals surface area (Å²) < 4.78 is 27.9. The van der Waals surface area contributed by atoms with Crippen LogP contribution in [0.3, 0.4) is 0 Å². The topological polar surface area (TPSA) is 29.5 Å². The van der Waals surface area contributed by atoms with Gasteiger partial charge in [0, 0.05) is 6.61 Å². The maximum Gasteiger partial charge on any atom is 0.387 e. The first kappa shape index (κ1) is 10.4. The van der Waals surface area contributed by atoms with Crippen LogP contribution in [0, 0.1) is 5.92 Å². The Morgan fingerprint density at radius 1 is 1.33 bits per heavy atom. The molecule has 1 saturated carbocycles. The molecule has 82 valence electrons. The summed E-state index contributed by atoms with van der Waals surface area (Å²) in [5.41, 5.74) is 1.08. The van der Waals surface area contributed by atoms with Gasteiger partial charge in [-0.1, -0.05) is 12.1 Å². The normalized spacial score (nSPS) is 24.3. The standard InChI is InChI=1S/C11H12F2O2/c12-11(13)15-9-3-1-7(2-4-9)10-5-8(10)6-14/h1-4,8,10-11,14H,5-6H2/t8-,10-/m1/s1. The quantitative estimate of drug-likeness (QED) is 0.833. The first-order valence-electron chi connectivity index (χ1n) is 4.86. The van der Waals surface area contributed by atoms with E-state index in [9.17, 15) is 8.78 Å². The molecule has 0 bridgehead atoms. The van der Waals surface area contributed by atoms with Gasteiger partial charge in [0.25, 0.3) is 0 Å². The lowest BCUT2D eigenvalue weighted by Crippen LogP contribution is -2.01. The molecular weight excluding hydrogens is 202 g/mol. The third-order valence-corrected chi connectivity index (χ3v) is 2.69. The van der Waals surface area contributed by atoms with Crippen LogP contribution in [0.25, 0.3) is 0 Å². The van der Waals surface area contributed by atoms with Gasteiger partial charge in [-0.3, -0.25) is 0 Å². The molecule has 0 heterocycles. The molecule has 1 N–H and O–H groups in total. The Kier molecular flexibility index (Phi) is 2.86. The molecule has 1 aliphatic carbocycles. The lowest BCUT2D eigenvalue weighted by Gasteiger charge is -2.05. The van der Waals surface area contributed by atoms with Crippen molar-refractivity contribution in [3.8, 4) is 5.75 Å². The second-order valence-corrected chi connectivity index (χ2v) is 3.73. The summed E-state index contributed by atoms with van der Waals surface area (Å²) >= 11 is 0. The third-order valence-electron chi connectivity index (χ3n) is 2.69. The third kappa shape index (κ3) is 2.45. The minimum Gasteiger partial charge on any atom is -0.435 e. The summed E-state index contributed by atoms with van der Waals surface area (Å²) in [7, 11) is 0. The van der Waals surface area contributed by atoms with Gasteiger partial charge in [-0.05, 0) is 36.0 Å². The Hall–Kier alpha value is -1.16. The Labute approximate surface area is 86.5 Å². The van der Waals surface area contributed by atoms with Gasteiger partial charge < -0.3 is 9.84 Å². The number of aliphatic hydroxyl groups is 1. The first-order chi connectivity index (χ1) is 7.20. The smallest absolute Gasteiger partial charge is 0.387 e. The SMILES string of the molecule is OC[C@H]1C[C@@H]1c1ccc(OC(F)F)cc1. The number of rotatable bonds is 4. The molecule has 0 spiro atoms. The van der Waals surface area contributed by atoms with E-state index in [4.69, 9.17) is 5.11 Å². The van der Waals surface area contributed by atoms with Crippen molar-refractivity contribution >= 4 is 0 Å². The summed E-state index contributed by atoms with van der Waals surface area (Å²) in [6.07, 6.45) is 0.978. The highest BCUT2D eigenvalue weighted by Gasteiger charge is 2.37. The minimum absolute atomic E-state index is 0.176. The summed E-state index contributed by atoms with van der Waals surface area (Å²) in [6, 6.07) is 6.62.